The molecule has 4 heteroatoms. The highest BCUT2D eigenvalue weighted by molar-refractivity contribution is 7.71. The molecular formula is C15H17FN2S. The van der Waals surface area contributed by atoms with Crippen LogP contribution >= 0.6 is 12.2 Å². The minimum atomic E-state index is -0.208. The first kappa shape index (κ1) is 13.9. The number of halogens is 1. The van der Waals surface area contributed by atoms with Crippen LogP contribution in [0.4, 0.5) is 4.39 Å². The van der Waals surface area contributed by atoms with E-state index in [0.717, 1.165) is 17.7 Å². The van der Waals surface area contributed by atoms with E-state index in [1.165, 1.54) is 6.07 Å². The summed E-state index contributed by atoms with van der Waals surface area (Å²) in [4.78, 5) is 7.60. The first-order valence-electron chi connectivity index (χ1n) is 6.32. The van der Waals surface area contributed by atoms with Crippen molar-refractivity contribution in [3.63, 3.8) is 0 Å². The van der Waals surface area contributed by atoms with Gasteiger partial charge in [0.2, 0.25) is 0 Å². The number of H-pyrrole nitrogens is 1. The lowest BCUT2D eigenvalue weighted by molar-refractivity contribution is 0.618. The number of aryl methyl sites for hydroxylation is 1. The fraction of sp³-hybridized carbons (Fsp3) is 0.333. The Bertz CT molecular complexity index is 647. The molecular weight excluding hydrogens is 259 g/mol. The van der Waals surface area contributed by atoms with Gasteiger partial charge in [-0.2, -0.15) is 0 Å². The van der Waals surface area contributed by atoms with Crippen molar-refractivity contribution in [1.29, 1.82) is 0 Å². The first-order valence-corrected chi connectivity index (χ1v) is 6.73. The molecule has 2 nitrogen and oxygen atoms in total. The number of rotatable bonds is 3. The van der Waals surface area contributed by atoms with Crippen LogP contribution in [-0.2, 0) is 6.42 Å². The fourth-order valence-corrected chi connectivity index (χ4v) is 2.22. The molecule has 0 aliphatic rings. The van der Waals surface area contributed by atoms with Crippen LogP contribution in [0, 0.1) is 23.3 Å². The molecule has 0 aliphatic heterocycles. The number of nitrogens with one attached hydrogen (secondary N) is 1. The van der Waals surface area contributed by atoms with Crippen molar-refractivity contribution in [3.8, 4) is 11.4 Å². The van der Waals surface area contributed by atoms with E-state index in [1.54, 1.807) is 19.1 Å². The molecule has 19 heavy (non-hydrogen) atoms. The molecule has 0 amide bonds. The Morgan fingerprint density at radius 1 is 1.32 bits per heavy atom. The Morgan fingerprint density at radius 2 is 2.05 bits per heavy atom. The van der Waals surface area contributed by atoms with Crippen molar-refractivity contribution in [1.82, 2.24) is 9.97 Å². The van der Waals surface area contributed by atoms with E-state index in [9.17, 15) is 4.39 Å². The standard InChI is InChI=1S/C15H17FN2S/c1-9(2)6-12-8-14(19)18-15(17-12)11-4-5-13(16)10(3)7-11/h4-5,7-9H,6H2,1-3H3,(H,17,18,19). The third-order valence-electron chi connectivity index (χ3n) is 2.86. The smallest absolute Gasteiger partial charge is 0.139 e. The van der Waals surface area contributed by atoms with Gasteiger partial charge in [-0.15, -0.1) is 0 Å². The predicted octanol–water partition coefficient (Wildman–Crippen LogP) is 4.45. The first-order chi connectivity index (χ1) is 8.95. The summed E-state index contributed by atoms with van der Waals surface area (Å²) in [5, 5.41) is 0. The van der Waals surface area contributed by atoms with Gasteiger partial charge in [-0.1, -0.05) is 26.1 Å². The van der Waals surface area contributed by atoms with Crippen LogP contribution in [0.3, 0.4) is 0 Å². The topological polar surface area (TPSA) is 28.7 Å². The molecule has 1 heterocycles. The third-order valence-corrected chi connectivity index (χ3v) is 3.07. The van der Waals surface area contributed by atoms with Crippen LogP contribution in [0.15, 0.2) is 24.3 Å². The number of aromatic amines is 1. The molecule has 0 saturated carbocycles. The van der Waals surface area contributed by atoms with E-state index in [-0.39, 0.29) is 5.82 Å². The average Bonchev–Trinajstić information content (AvgIpc) is 2.31. The second-order valence-corrected chi connectivity index (χ2v) is 5.57. The molecule has 0 radical (unpaired) electrons. The van der Waals surface area contributed by atoms with Crippen molar-refractivity contribution in [2.24, 2.45) is 5.92 Å². The van der Waals surface area contributed by atoms with Gasteiger partial charge >= 0.3 is 0 Å². The molecule has 0 unspecified atom stereocenters. The predicted molar refractivity (Wildman–Crippen MR) is 78.1 cm³/mol. The SMILES string of the molecule is Cc1cc(-c2nc(=S)cc(CC(C)C)[nH]2)ccc1F. The van der Waals surface area contributed by atoms with Crippen LogP contribution in [0.1, 0.15) is 25.1 Å². The van der Waals surface area contributed by atoms with Crippen molar-refractivity contribution < 1.29 is 4.39 Å². The van der Waals surface area contributed by atoms with E-state index in [2.05, 4.69) is 23.8 Å². The second kappa shape index (κ2) is 5.61. The zero-order valence-corrected chi connectivity index (χ0v) is 12.1. The van der Waals surface area contributed by atoms with Crippen molar-refractivity contribution in [2.45, 2.75) is 27.2 Å². The Labute approximate surface area is 117 Å². The lowest BCUT2D eigenvalue weighted by atomic mass is 10.1. The van der Waals surface area contributed by atoms with E-state index in [1.807, 2.05) is 6.07 Å². The quantitative estimate of drug-likeness (QED) is 0.839. The molecule has 0 atom stereocenters. The van der Waals surface area contributed by atoms with Crippen molar-refractivity contribution >= 4 is 12.2 Å². The molecule has 2 aromatic rings. The maximum atomic E-state index is 13.3. The molecule has 0 spiro atoms. The van der Waals surface area contributed by atoms with Crippen molar-refractivity contribution in [3.05, 3.63) is 46.0 Å². The van der Waals surface area contributed by atoms with Gasteiger partial charge in [0.05, 0.1) is 0 Å². The zero-order chi connectivity index (χ0) is 14.0. The highest BCUT2D eigenvalue weighted by Crippen LogP contribution is 2.19. The molecule has 2 rings (SSSR count). The molecule has 0 bridgehead atoms. The summed E-state index contributed by atoms with van der Waals surface area (Å²) in [6, 6.07) is 6.84. The molecule has 100 valence electrons. The van der Waals surface area contributed by atoms with Crippen LogP contribution in [-0.4, -0.2) is 9.97 Å². The molecule has 1 aromatic heterocycles. The molecule has 1 aromatic carbocycles. The third kappa shape index (κ3) is 3.47. The van der Waals surface area contributed by atoms with Crippen LogP contribution in [0.2, 0.25) is 0 Å². The summed E-state index contributed by atoms with van der Waals surface area (Å²) < 4.78 is 13.9. The number of nitrogens with zero attached hydrogens (tertiary/aromatic N) is 1. The van der Waals surface area contributed by atoms with E-state index in [0.29, 0.717) is 21.9 Å². The summed E-state index contributed by atoms with van der Waals surface area (Å²) in [7, 11) is 0. The zero-order valence-electron chi connectivity index (χ0n) is 11.3. The number of aromatic nitrogens is 2. The normalized spacial score (nSPS) is 11.0. The lowest BCUT2D eigenvalue weighted by Gasteiger charge is -2.09. The number of hydrogen-bond acceptors (Lipinski definition) is 2. The molecule has 0 aliphatic carbocycles. The Balaban J connectivity index is 2.46. The maximum Gasteiger partial charge on any atom is 0.139 e. The highest BCUT2D eigenvalue weighted by Gasteiger charge is 2.06. The Kier molecular flexibility index (Phi) is 4.10. The summed E-state index contributed by atoms with van der Waals surface area (Å²) in [5.74, 6) is 1.03. The van der Waals surface area contributed by atoms with Gasteiger partial charge in [-0.3, -0.25) is 0 Å². The van der Waals surface area contributed by atoms with Gasteiger partial charge in [0.15, 0.2) is 0 Å². The van der Waals surface area contributed by atoms with Gasteiger partial charge < -0.3 is 4.98 Å². The highest BCUT2D eigenvalue weighted by atomic mass is 32.1. The Hall–Kier alpha value is -1.55. The summed E-state index contributed by atoms with van der Waals surface area (Å²) in [6.45, 7) is 6.05. The minimum absolute atomic E-state index is 0.208. The van der Waals surface area contributed by atoms with Gasteiger partial charge in [-0.05, 0) is 49.1 Å². The van der Waals surface area contributed by atoms with E-state index >= 15 is 0 Å². The monoisotopic (exact) mass is 276 g/mol. The van der Waals surface area contributed by atoms with Gasteiger partial charge in [0.25, 0.3) is 0 Å². The van der Waals surface area contributed by atoms with Gasteiger partial charge in [-0.25, -0.2) is 9.37 Å². The summed E-state index contributed by atoms with van der Waals surface area (Å²) in [5.41, 5.74) is 2.52. The molecule has 0 fully saturated rings. The number of hydrogen-bond donors (Lipinski definition) is 1. The summed E-state index contributed by atoms with van der Waals surface area (Å²) in [6.07, 6.45) is 0.916. The Morgan fingerprint density at radius 3 is 2.68 bits per heavy atom. The lowest BCUT2D eigenvalue weighted by Crippen LogP contribution is -2.01. The minimum Gasteiger partial charge on any atom is -0.343 e. The van der Waals surface area contributed by atoms with Crippen LogP contribution in [0.25, 0.3) is 11.4 Å². The van der Waals surface area contributed by atoms with E-state index < -0.39 is 0 Å². The largest absolute Gasteiger partial charge is 0.343 e. The van der Waals surface area contributed by atoms with Crippen molar-refractivity contribution in [2.75, 3.05) is 0 Å². The van der Waals surface area contributed by atoms with E-state index in [4.69, 9.17) is 12.2 Å². The van der Waals surface area contributed by atoms with Crippen LogP contribution < -0.4 is 0 Å². The molecule has 0 saturated heterocycles. The summed E-state index contributed by atoms with van der Waals surface area (Å²) >= 11 is 5.19. The van der Waals surface area contributed by atoms with Gasteiger partial charge in [0, 0.05) is 11.3 Å². The average molecular weight is 276 g/mol. The number of benzene rings is 1. The van der Waals surface area contributed by atoms with Gasteiger partial charge in [0.1, 0.15) is 16.3 Å². The second-order valence-electron chi connectivity index (χ2n) is 5.16. The fourth-order valence-electron chi connectivity index (χ4n) is 1.99. The van der Waals surface area contributed by atoms with Crippen LogP contribution in [0.5, 0.6) is 0 Å². The molecule has 1 N–H and O–H groups in total. The maximum absolute atomic E-state index is 13.3.